The zero-order valence-electron chi connectivity index (χ0n) is 13.4. The lowest BCUT2D eigenvalue weighted by Gasteiger charge is -2.48. The summed E-state index contributed by atoms with van der Waals surface area (Å²) in [6.07, 6.45) is 3.57. The SMILES string of the molecule is O=C(NCC12CCN(CC1)CC2)c1ccccc1-c1nc(Cl)cs1. The molecule has 24 heavy (non-hydrogen) atoms. The number of piperidine rings is 3. The fourth-order valence-electron chi connectivity index (χ4n) is 3.77. The Balaban J connectivity index is 1.51. The Hall–Kier alpha value is -1.43. The summed E-state index contributed by atoms with van der Waals surface area (Å²) in [4.78, 5) is 19.6. The molecule has 1 amide bonds. The van der Waals surface area contributed by atoms with Gasteiger partial charge in [0.25, 0.3) is 5.91 Å². The fraction of sp³-hybridized carbons (Fsp3) is 0.444. The van der Waals surface area contributed by atoms with Crippen LogP contribution in [0.15, 0.2) is 29.6 Å². The van der Waals surface area contributed by atoms with Crippen LogP contribution in [0, 0.1) is 5.41 Å². The van der Waals surface area contributed by atoms with E-state index < -0.39 is 0 Å². The van der Waals surface area contributed by atoms with Gasteiger partial charge in [-0.25, -0.2) is 4.98 Å². The third-order valence-electron chi connectivity index (χ3n) is 5.38. The summed E-state index contributed by atoms with van der Waals surface area (Å²) in [5, 5.41) is 6.24. The molecule has 0 atom stereocenters. The van der Waals surface area contributed by atoms with Crippen molar-refractivity contribution in [3.05, 3.63) is 40.4 Å². The molecule has 2 bridgehead atoms. The Kier molecular flexibility index (Phi) is 4.33. The minimum absolute atomic E-state index is 0.0145. The average Bonchev–Trinajstić information content (AvgIpc) is 3.08. The first-order chi connectivity index (χ1) is 11.7. The number of hydrogen-bond acceptors (Lipinski definition) is 4. The zero-order chi connectivity index (χ0) is 16.6. The molecule has 0 aliphatic carbocycles. The molecule has 3 saturated heterocycles. The van der Waals surface area contributed by atoms with E-state index in [1.807, 2.05) is 24.3 Å². The lowest BCUT2D eigenvalue weighted by atomic mass is 9.72. The highest BCUT2D eigenvalue weighted by Crippen LogP contribution is 2.39. The Morgan fingerprint density at radius 1 is 1.25 bits per heavy atom. The van der Waals surface area contributed by atoms with Gasteiger partial charge >= 0.3 is 0 Å². The van der Waals surface area contributed by atoms with E-state index in [1.54, 1.807) is 5.38 Å². The van der Waals surface area contributed by atoms with Crippen LogP contribution in [0.2, 0.25) is 5.15 Å². The molecule has 0 spiro atoms. The van der Waals surface area contributed by atoms with Crippen molar-refractivity contribution >= 4 is 28.8 Å². The molecule has 1 aromatic carbocycles. The van der Waals surface area contributed by atoms with E-state index in [0.29, 0.717) is 16.1 Å². The summed E-state index contributed by atoms with van der Waals surface area (Å²) in [6, 6.07) is 7.62. The molecule has 4 nitrogen and oxygen atoms in total. The first kappa shape index (κ1) is 16.1. The lowest BCUT2D eigenvalue weighted by Crippen LogP contribution is -2.52. The second-order valence-corrected chi connectivity index (χ2v) is 8.04. The molecular weight excluding hydrogens is 342 g/mol. The van der Waals surface area contributed by atoms with Crippen LogP contribution in [0.4, 0.5) is 0 Å². The second kappa shape index (κ2) is 6.47. The molecule has 126 valence electrons. The summed E-state index contributed by atoms with van der Waals surface area (Å²) in [7, 11) is 0. The highest BCUT2D eigenvalue weighted by atomic mass is 35.5. The van der Waals surface area contributed by atoms with Gasteiger partial charge in [0.15, 0.2) is 0 Å². The number of thiazole rings is 1. The standard InChI is InChI=1S/C18H20ClN3OS/c19-15-11-24-17(21-15)14-4-2-1-3-13(14)16(23)20-12-18-5-8-22(9-6-18)10-7-18/h1-4,11H,5-10,12H2,(H,20,23). The topological polar surface area (TPSA) is 45.2 Å². The molecule has 6 heteroatoms. The second-order valence-electron chi connectivity index (χ2n) is 6.80. The van der Waals surface area contributed by atoms with Crippen LogP contribution >= 0.6 is 22.9 Å². The number of carbonyl (C=O) groups is 1. The number of nitrogens with one attached hydrogen (secondary N) is 1. The van der Waals surface area contributed by atoms with Gasteiger partial charge in [0.1, 0.15) is 10.2 Å². The Labute approximate surface area is 150 Å². The molecule has 0 radical (unpaired) electrons. The summed E-state index contributed by atoms with van der Waals surface area (Å²) in [5.74, 6) is -0.0145. The third-order valence-corrected chi connectivity index (χ3v) is 6.58. The van der Waals surface area contributed by atoms with Crippen LogP contribution in [0.3, 0.4) is 0 Å². The number of hydrogen-bond donors (Lipinski definition) is 1. The maximum atomic E-state index is 12.8. The number of carbonyl (C=O) groups excluding carboxylic acids is 1. The normalized spacial score (nSPS) is 25.6. The first-order valence-electron chi connectivity index (χ1n) is 8.36. The Bertz CT molecular complexity index is 738. The smallest absolute Gasteiger partial charge is 0.252 e. The first-order valence-corrected chi connectivity index (χ1v) is 9.62. The van der Waals surface area contributed by atoms with E-state index in [4.69, 9.17) is 11.6 Å². The maximum Gasteiger partial charge on any atom is 0.252 e. The molecule has 3 aliphatic heterocycles. The largest absolute Gasteiger partial charge is 0.351 e. The van der Waals surface area contributed by atoms with Crippen molar-refractivity contribution in [1.29, 1.82) is 0 Å². The molecule has 3 aliphatic rings. The minimum Gasteiger partial charge on any atom is -0.351 e. The number of fused-ring (bicyclic) bond motifs is 3. The molecule has 3 fully saturated rings. The van der Waals surface area contributed by atoms with Crippen molar-refractivity contribution < 1.29 is 4.79 Å². The zero-order valence-corrected chi connectivity index (χ0v) is 15.0. The number of aromatic nitrogens is 1. The van der Waals surface area contributed by atoms with E-state index in [0.717, 1.165) is 17.1 Å². The number of rotatable bonds is 4. The average molecular weight is 362 g/mol. The van der Waals surface area contributed by atoms with Gasteiger partial charge in [-0.2, -0.15) is 0 Å². The maximum absolute atomic E-state index is 12.8. The van der Waals surface area contributed by atoms with E-state index in [-0.39, 0.29) is 5.91 Å². The highest BCUT2D eigenvalue weighted by Gasteiger charge is 2.39. The summed E-state index contributed by atoms with van der Waals surface area (Å²) < 4.78 is 0. The van der Waals surface area contributed by atoms with Crippen molar-refractivity contribution in [3.63, 3.8) is 0 Å². The third kappa shape index (κ3) is 3.08. The van der Waals surface area contributed by atoms with Crippen molar-refractivity contribution in [3.8, 4) is 10.6 Å². The van der Waals surface area contributed by atoms with Crippen LogP contribution in [0.5, 0.6) is 0 Å². The van der Waals surface area contributed by atoms with Gasteiger partial charge in [-0.3, -0.25) is 4.79 Å². The summed E-state index contributed by atoms with van der Waals surface area (Å²) >= 11 is 7.40. The van der Waals surface area contributed by atoms with Crippen molar-refractivity contribution in [2.24, 2.45) is 5.41 Å². The molecule has 0 saturated carbocycles. The van der Waals surface area contributed by atoms with Crippen molar-refractivity contribution in [1.82, 2.24) is 15.2 Å². The van der Waals surface area contributed by atoms with Gasteiger partial charge in [0.05, 0.1) is 0 Å². The van der Waals surface area contributed by atoms with Gasteiger partial charge in [0, 0.05) is 23.1 Å². The molecule has 5 rings (SSSR count). The molecule has 0 unspecified atom stereocenters. The molecule has 4 heterocycles. The number of halogens is 1. The van der Waals surface area contributed by atoms with Gasteiger partial charge in [0.2, 0.25) is 0 Å². The van der Waals surface area contributed by atoms with Crippen molar-refractivity contribution in [2.45, 2.75) is 19.3 Å². The van der Waals surface area contributed by atoms with Gasteiger partial charge in [-0.1, -0.05) is 29.8 Å². The monoisotopic (exact) mass is 361 g/mol. The molecule has 1 aromatic heterocycles. The van der Waals surface area contributed by atoms with Crippen molar-refractivity contribution in [2.75, 3.05) is 26.2 Å². The van der Waals surface area contributed by atoms with Gasteiger partial charge in [-0.05, 0) is 50.4 Å². The van der Waals surface area contributed by atoms with E-state index in [1.165, 1.54) is 50.2 Å². The fourth-order valence-corrected chi connectivity index (χ4v) is 4.76. The lowest BCUT2D eigenvalue weighted by molar-refractivity contribution is 0.0262. The number of amides is 1. The Morgan fingerprint density at radius 2 is 1.96 bits per heavy atom. The van der Waals surface area contributed by atoms with Crippen LogP contribution < -0.4 is 5.32 Å². The Morgan fingerprint density at radius 3 is 2.62 bits per heavy atom. The van der Waals surface area contributed by atoms with Crippen LogP contribution in [-0.2, 0) is 0 Å². The quantitative estimate of drug-likeness (QED) is 0.903. The number of benzene rings is 1. The predicted octanol–water partition coefficient (Wildman–Crippen LogP) is 3.68. The summed E-state index contributed by atoms with van der Waals surface area (Å²) in [6.45, 7) is 4.28. The molecule has 1 N–H and O–H groups in total. The van der Waals surface area contributed by atoms with Gasteiger partial charge < -0.3 is 10.2 Å². The minimum atomic E-state index is -0.0145. The van der Waals surface area contributed by atoms with Gasteiger partial charge in [-0.15, -0.1) is 11.3 Å². The van der Waals surface area contributed by atoms with Crippen LogP contribution in [0.25, 0.3) is 10.6 Å². The molecular formula is C18H20ClN3OS. The van der Waals surface area contributed by atoms with Crippen LogP contribution in [-0.4, -0.2) is 42.0 Å². The van der Waals surface area contributed by atoms with E-state index in [2.05, 4.69) is 15.2 Å². The highest BCUT2D eigenvalue weighted by molar-refractivity contribution is 7.13. The molecule has 2 aromatic rings. The van der Waals surface area contributed by atoms with Crippen LogP contribution in [0.1, 0.15) is 29.6 Å². The summed E-state index contributed by atoms with van der Waals surface area (Å²) in [5.41, 5.74) is 1.82. The van der Waals surface area contributed by atoms with E-state index >= 15 is 0 Å². The van der Waals surface area contributed by atoms with E-state index in [9.17, 15) is 4.79 Å². The number of nitrogens with zero attached hydrogens (tertiary/aromatic N) is 2. The predicted molar refractivity (Wildman–Crippen MR) is 97.6 cm³/mol.